The molecule has 0 spiro atoms. The van der Waals surface area contributed by atoms with E-state index in [2.05, 4.69) is 10.6 Å². The summed E-state index contributed by atoms with van der Waals surface area (Å²) in [5, 5.41) is 17.1. The molecular weight excluding hydrogens is 290 g/mol. The molecule has 21 heavy (non-hydrogen) atoms. The largest absolute Gasteiger partial charge is 0.352 e. The van der Waals surface area contributed by atoms with Gasteiger partial charge in [-0.2, -0.15) is 0 Å². The van der Waals surface area contributed by atoms with Crippen LogP contribution >= 0.6 is 11.8 Å². The van der Waals surface area contributed by atoms with Crippen LogP contribution in [0.15, 0.2) is 23.1 Å². The number of rotatable bonds is 6. The van der Waals surface area contributed by atoms with E-state index in [4.69, 9.17) is 0 Å². The Bertz CT molecular complexity index is 530. The first-order chi connectivity index (χ1) is 10.1. The summed E-state index contributed by atoms with van der Waals surface area (Å²) in [7, 11) is 0. The number of nitrogens with zero attached hydrogens (tertiary/aromatic N) is 1. The van der Waals surface area contributed by atoms with Crippen LogP contribution in [0.1, 0.15) is 23.2 Å². The molecular formula is C14H19N3O3S. The van der Waals surface area contributed by atoms with E-state index in [0.29, 0.717) is 22.9 Å². The third kappa shape index (κ3) is 4.18. The van der Waals surface area contributed by atoms with Gasteiger partial charge in [-0.15, -0.1) is 11.8 Å². The van der Waals surface area contributed by atoms with Crippen LogP contribution in [0.25, 0.3) is 0 Å². The van der Waals surface area contributed by atoms with Gasteiger partial charge in [0.25, 0.3) is 11.6 Å². The third-order valence-electron chi connectivity index (χ3n) is 3.64. The van der Waals surface area contributed by atoms with Gasteiger partial charge in [-0.25, -0.2) is 0 Å². The van der Waals surface area contributed by atoms with E-state index in [-0.39, 0.29) is 11.6 Å². The Labute approximate surface area is 127 Å². The predicted molar refractivity (Wildman–Crippen MR) is 82.8 cm³/mol. The zero-order valence-corrected chi connectivity index (χ0v) is 12.7. The van der Waals surface area contributed by atoms with Crippen molar-refractivity contribution in [1.29, 1.82) is 0 Å². The summed E-state index contributed by atoms with van der Waals surface area (Å²) in [6.45, 7) is 2.65. The van der Waals surface area contributed by atoms with Crippen LogP contribution in [0.4, 0.5) is 5.69 Å². The van der Waals surface area contributed by atoms with E-state index >= 15 is 0 Å². The minimum atomic E-state index is -0.452. The Balaban J connectivity index is 1.95. The molecule has 2 N–H and O–H groups in total. The van der Waals surface area contributed by atoms with Crippen LogP contribution < -0.4 is 10.6 Å². The molecule has 0 aromatic heterocycles. The number of benzene rings is 1. The second-order valence-corrected chi connectivity index (χ2v) is 5.90. The van der Waals surface area contributed by atoms with Gasteiger partial charge in [-0.05, 0) is 50.2 Å². The first-order valence-corrected chi connectivity index (χ1v) is 8.15. The molecule has 1 aliphatic rings. The maximum Gasteiger partial charge on any atom is 0.283 e. The summed E-state index contributed by atoms with van der Waals surface area (Å²) in [5.74, 6) is 0.357. The number of nitro groups is 1. The quantitative estimate of drug-likeness (QED) is 0.477. The van der Waals surface area contributed by atoms with Gasteiger partial charge in [0, 0.05) is 18.2 Å². The highest BCUT2D eigenvalue weighted by atomic mass is 32.2. The van der Waals surface area contributed by atoms with E-state index in [1.165, 1.54) is 17.8 Å². The van der Waals surface area contributed by atoms with Gasteiger partial charge in [0.05, 0.1) is 9.82 Å². The van der Waals surface area contributed by atoms with E-state index in [9.17, 15) is 14.9 Å². The fourth-order valence-electron chi connectivity index (χ4n) is 2.43. The summed E-state index contributed by atoms with van der Waals surface area (Å²) in [6, 6.07) is 4.60. The SMILES string of the molecule is CSc1ccc(C(=O)NCCC2CCNC2)cc1[N+](=O)[O-]. The molecule has 1 aromatic carbocycles. The lowest BCUT2D eigenvalue weighted by Crippen LogP contribution is -2.26. The summed E-state index contributed by atoms with van der Waals surface area (Å²) >= 11 is 1.30. The second-order valence-electron chi connectivity index (χ2n) is 5.05. The van der Waals surface area contributed by atoms with E-state index in [1.807, 2.05) is 0 Å². The molecule has 0 radical (unpaired) electrons. The monoisotopic (exact) mass is 309 g/mol. The first kappa shape index (κ1) is 15.8. The summed E-state index contributed by atoms with van der Waals surface area (Å²) in [4.78, 5) is 23.1. The first-order valence-electron chi connectivity index (χ1n) is 6.93. The van der Waals surface area contributed by atoms with Gasteiger partial charge >= 0.3 is 0 Å². The average molecular weight is 309 g/mol. The molecule has 1 aromatic rings. The van der Waals surface area contributed by atoms with Crippen molar-refractivity contribution < 1.29 is 9.72 Å². The summed E-state index contributed by atoms with van der Waals surface area (Å²) in [5.41, 5.74) is 0.319. The van der Waals surface area contributed by atoms with Crippen molar-refractivity contribution in [2.45, 2.75) is 17.7 Å². The third-order valence-corrected chi connectivity index (χ3v) is 4.42. The molecule has 1 fully saturated rings. The van der Waals surface area contributed by atoms with Crippen molar-refractivity contribution in [3.05, 3.63) is 33.9 Å². The number of carbonyl (C=O) groups is 1. The van der Waals surface area contributed by atoms with Gasteiger partial charge in [-0.1, -0.05) is 0 Å². The Morgan fingerprint density at radius 2 is 2.38 bits per heavy atom. The van der Waals surface area contributed by atoms with Gasteiger partial charge in [0.15, 0.2) is 0 Å². The second kappa shape index (κ2) is 7.42. The van der Waals surface area contributed by atoms with E-state index in [0.717, 1.165) is 25.9 Å². The highest BCUT2D eigenvalue weighted by Gasteiger charge is 2.18. The minimum absolute atomic E-state index is 0.0184. The topological polar surface area (TPSA) is 84.3 Å². The van der Waals surface area contributed by atoms with Gasteiger partial charge in [-0.3, -0.25) is 14.9 Å². The Kier molecular flexibility index (Phi) is 5.58. The van der Waals surface area contributed by atoms with Crippen molar-refractivity contribution >= 4 is 23.4 Å². The Morgan fingerprint density at radius 1 is 1.57 bits per heavy atom. The molecule has 114 valence electrons. The average Bonchev–Trinajstić information content (AvgIpc) is 2.99. The predicted octanol–water partition coefficient (Wildman–Crippen LogP) is 2.05. The van der Waals surface area contributed by atoms with Gasteiger partial charge in [0.2, 0.25) is 0 Å². The lowest BCUT2D eigenvalue weighted by Gasteiger charge is -2.09. The van der Waals surface area contributed by atoms with Gasteiger partial charge < -0.3 is 10.6 Å². The van der Waals surface area contributed by atoms with Crippen molar-refractivity contribution in [2.75, 3.05) is 25.9 Å². The van der Waals surface area contributed by atoms with E-state index < -0.39 is 4.92 Å². The molecule has 2 rings (SSSR count). The lowest BCUT2D eigenvalue weighted by molar-refractivity contribution is -0.387. The molecule has 0 bridgehead atoms. The minimum Gasteiger partial charge on any atom is -0.352 e. The number of carbonyl (C=O) groups excluding carboxylic acids is 1. The molecule has 1 heterocycles. The van der Waals surface area contributed by atoms with Crippen LogP contribution in [-0.4, -0.2) is 36.7 Å². The Morgan fingerprint density at radius 3 is 3.00 bits per heavy atom. The number of nitrogens with one attached hydrogen (secondary N) is 2. The lowest BCUT2D eigenvalue weighted by atomic mass is 10.1. The van der Waals surface area contributed by atoms with E-state index in [1.54, 1.807) is 18.4 Å². The van der Waals surface area contributed by atoms with Crippen LogP contribution in [0.2, 0.25) is 0 Å². The normalized spacial score (nSPS) is 17.7. The highest BCUT2D eigenvalue weighted by molar-refractivity contribution is 7.98. The highest BCUT2D eigenvalue weighted by Crippen LogP contribution is 2.28. The van der Waals surface area contributed by atoms with Gasteiger partial charge in [0.1, 0.15) is 0 Å². The van der Waals surface area contributed by atoms with Crippen LogP contribution in [-0.2, 0) is 0 Å². The van der Waals surface area contributed by atoms with Crippen LogP contribution in [0, 0.1) is 16.0 Å². The van der Waals surface area contributed by atoms with Crippen molar-refractivity contribution in [3.8, 4) is 0 Å². The molecule has 0 saturated carbocycles. The maximum atomic E-state index is 12.0. The number of hydrogen-bond acceptors (Lipinski definition) is 5. The van der Waals surface area contributed by atoms with Crippen molar-refractivity contribution in [1.82, 2.24) is 10.6 Å². The summed E-state index contributed by atoms with van der Waals surface area (Å²) in [6.07, 6.45) is 3.85. The number of hydrogen-bond donors (Lipinski definition) is 2. The molecule has 1 atom stereocenters. The van der Waals surface area contributed by atoms with Crippen molar-refractivity contribution in [2.24, 2.45) is 5.92 Å². The maximum absolute atomic E-state index is 12.0. The molecule has 1 saturated heterocycles. The van der Waals surface area contributed by atoms with Crippen molar-refractivity contribution in [3.63, 3.8) is 0 Å². The zero-order chi connectivity index (χ0) is 15.2. The van der Waals surface area contributed by atoms with Crippen LogP contribution in [0.3, 0.4) is 0 Å². The molecule has 1 amide bonds. The molecule has 6 nitrogen and oxygen atoms in total. The number of amides is 1. The Hall–Kier alpha value is -1.60. The fraction of sp³-hybridized carbons (Fsp3) is 0.500. The molecule has 7 heteroatoms. The fourth-order valence-corrected chi connectivity index (χ4v) is 2.97. The number of nitro benzene ring substituents is 1. The van der Waals surface area contributed by atoms with Crippen LogP contribution in [0.5, 0.6) is 0 Å². The zero-order valence-electron chi connectivity index (χ0n) is 11.9. The summed E-state index contributed by atoms with van der Waals surface area (Å²) < 4.78 is 0. The molecule has 0 aliphatic carbocycles. The number of thioether (sulfide) groups is 1. The molecule has 1 aliphatic heterocycles. The molecule has 1 unspecified atom stereocenters. The standard InChI is InChI=1S/C14H19N3O3S/c1-21-13-3-2-11(8-12(13)17(19)20)14(18)16-7-5-10-4-6-15-9-10/h2-3,8,10,15H,4-7,9H2,1H3,(H,16,18). The smallest absolute Gasteiger partial charge is 0.283 e.